The summed E-state index contributed by atoms with van der Waals surface area (Å²) in [4.78, 5) is 18.4. The van der Waals surface area contributed by atoms with E-state index in [1.807, 2.05) is 11.7 Å². The van der Waals surface area contributed by atoms with E-state index in [0.717, 1.165) is 43.1 Å². The fourth-order valence-corrected chi connectivity index (χ4v) is 5.72. The van der Waals surface area contributed by atoms with Crippen molar-refractivity contribution in [3.63, 3.8) is 0 Å². The molecule has 2 aromatic heterocycles. The third-order valence-electron chi connectivity index (χ3n) is 7.03. The van der Waals surface area contributed by atoms with Crippen molar-refractivity contribution in [1.29, 1.82) is 0 Å². The minimum Gasteiger partial charge on any atom is -0.307 e. The van der Waals surface area contributed by atoms with Crippen LogP contribution in [0.2, 0.25) is 0 Å². The summed E-state index contributed by atoms with van der Waals surface area (Å²) in [6, 6.07) is 0.793. The number of pyridine rings is 1. The van der Waals surface area contributed by atoms with Crippen LogP contribution >= 0.6 is 0 Å². The molecule has 0 amide bonds. The molecular formula is C21H30N4O. The van der Waals surface area contributed by atoms with Gasteiger partial charge >= 0.3 is 0 Å². The number of rotatable bonds is 2. The van der Waals surface area contributed by atoms with Crippen molar-refractivity contribution >= 4 is 11.0 Å². The number of nitrogens with zero attached hydrogens (tertiary/aromatic N) is 3. The highest BCUT2D eigenvalue weighted by atomic mass is 16.1. The fourth-order valence-electron chi connectivity index (χ4n) is 5.72. The molecule has 5 heteroatoms. The summed E-state index contributed by atoms with van der Waals surface area (Å²) in [6.45, 7) is 2.39. The molecule has 1 unspecified atom stereocenters. The molecule has 3 heterocycles. The van der Waals surface area contributed by atoms with Gasteiger partial charge in [-0.3, -0.25) is 14.4 Å². The lowest BCUT2D eigenvalue weighted by molar-refractivity contribution is 0.149. The molecule has 0 bridgehead atoms. The minimum atomic E-state index is 0.109. The number of piperidine rings is 1. The Bertz CT molecular complexity index is 874. The van der Waals surface area contributed by atoms with E-state index in [2.05, 4.69) is 9.88 Å². The Morgan fingerprint density at radius 3 is 2.58 bits per heavy atom. The highest BCUT2D eigenvalue weighted by Gasteiger charge is 2.32. The largest absolute Gasteiger partial charge is 0.307 e. The van der Waals surface area contributed by atoms with Gasteiger partial charge in [0.1, 0.15) is 5.65 Å². The number of aromatic amines is 1. The van der Waals surface area contributed by atoms with E-state index in [-0.39, 0.29) is 5.56 Å². The van der Waals surface area contributed by atoms with Gasteiger partial charge in [-0.25, -0.2) is 0 Å². The third-order valence-corrected chi connectivity index (χ3v) is 7.03. The second-order valence-electron chi connectivity index (χ2n) is 8.62. The first-order valence-corrected chi connectivity index (χ1v) is 10.6. The topological polar surface area (TPSA) is 53.9 Å². The molecule has 0 spiro atoms. The SMILES string of the molecule is Cn1nc(C2CCCN(C3CCCC3)C2)c2c3c(c(=O)[nH]c21)CCCC3. The van der Waals surface area contributed by atoms with Gasteiger partial charge in [-0.15, -0.1) is 0 Å². The number of H-pyrrole nitrogens is 1. The van der Waals surface area contributed by atoms with Crippen molar-refractivity contribution < 1.29 is 0 Å². The maximum Gasteiger partial charge on any atom is 0.253 e. The summed E-state index contributed by atoms with van der Waals surface area (Å²) < 4.78 is 1.91. The van der Waals surface area contributed by atoms with Crippen LogP contribution in [-0.2, 0) is 19.9 Å². The average molecular weight is 354 g/mol. The summed E-state index contributed by atoms with van der Waals surface area (Å²) >= 11 is 0. The van der Waals surface area contributed by atoms with E-state index in [0.29, 0.717) is 5.92 Å². The maximum absolute atomic E-state index is 12.5. The van der Waals surface area contributed by atoms with Crippen LogP contribution in [0.3, 0.4) is 0 Å². The molecule has 2 aromatic rings. The van der Waals surface area contributed by atoms with Gasteiger partial charge in [0.25, 0.3) is 5.56 Å². The fraction of sp³-hybridized carbons (Fsp3) is 0.714. The molecule has 0 aromatic carbocycles. The van der Waals surface area contributed by atoms with Crippen molar-refractivity contribution in [1.82, 2.24) is 19.7 Å². The molecule has 140 valence electrons. The first-order valence-electron chi connectivity index (χ1n) is 10.6. The normalized spacial score (nSPS) is 25.0. The van der Waals surface area contributed by atoms with Crippen LogP contribution in [0.15, 0.2) is 4.79 Å². The Balaban J connectivity index is 1.57. The van der Waals surface area contributed by atoms with Gasteiger partial charge in [-0.05, 0) is 63.5 Å². The molecular weight excluding hydrogens is 324 g/mol. The summed E-state index contributed by atoms with van der Waals surface area (Å²) in [5, 5.41) is 6.22. The van der Waals surface area contributed by atoms with E-state index in [4.69, 9.17) is 5.10 Å². The van der Waals surface area contributed by atoms with E-state index in [9.17, 15) is 4.79 Å². The summed E-state index contributed by atoms with van der Waals surface area (Å²) in [5.74, 6) is 0.505. The molecule has 26 heavy (non-hydrogen) atoms. The first kappa shape index (κ1) is 16.5. The number of hydrogen-bond donors (Lipinski definition) is 1. The highest BCUT2D eigenvalue weighted by molar-refractivity contribution is 5.84. The van der Waals surface area contributed by atoms with Crippen LogP contribution in [0.1, 0.15) is 74.1 Å². The van der Waals surface area contributed by atoms with Crippen LogP contribution in [-0.4, -0.2) is 38.8 Å². The quantitative estimate of drug-likeness (QED) is 0.901. The van der Waals surface area contributed by atoms with Gasteiger partial charge in [0.2, 0.25) is 0 Å². The predicted molar refractivity (Wildman–Crippen MR) is 104 cm³/mol. The Morgan fingerprint density at radius 1 is 1.00 bits per heavy atom. The smallest absolute Gasteiger partial charge is 0.253 e. The Kier molecular flexibility index (Phi) is 4.15. The Labute approximate surface area is 154 Å². The van der Waals surface area contributed by atoms with Gasteiger partial charge in [0, 0.05) is 36.5 Å². The van der Waals surface area contributed by atoms with Crippen molar-refractivity contribution in [2.45, 2.75) is 76.2 Å². The van der Waals surface area contributed by atoms with E-state index < -0.39 is 0 Å². The van der Waals surface area contributed by atoms with Gasteiger partial charge in [0.15, 0.2) is 0 Å². The zero-order valence-corrected chi connectivity index (χ0v) is 15.9. The number of fused-ring (bicyclic) bond motifs is 3. The van der Waals surface area contributed by atoms with Gasteiger partial charge in [-0.1, -0.05) is 12.8 Å². The van der Waals surface area contributed by atoms with Crippen LogP contribution in [0, 0.1) is 0 Å². The van der Waals surface area contributed by atoms with E-state index in [1.165, 1.54) is 68.1 Å². The van der Waals surface area contributed by atoms with Gasteiger partial charge in [-0.2, -0.15) is 5.10 Å². The van der Waals surface area contributed by atoms with Crippen molar-refractivity contribution in [2.75, 3.05) is 13.1 Å². The molecule has 5 rings (SSSR count). The van der Waals surface area contributed by atoms with E-state index in [1.54, 1.807) is 0 Å². The molecule has 5 nitrogen and oxygen atoms in total. The first-order chi connectivity index (χ1) is 12.7. The summed E-state index contributed by atoms with van der Waals surface area (Å²) in [7, 11) is 1.98. The molecule has 1 N–H and O–H groups in total. The molecule has 1 saturated carbocycles. The molecule has 1 saturated heterocycles. The monoisotopic (exact) mass is 354 g/mol. The second-order valence-corrected chi connectivity index (χ2v) is 8.62. The zero-order chi connectivity index (χ0) is 17.7. The average Bonchev–Trinajstić information content (AvgIpc) is 3.31. The number of aromatic nitrogens is 3. The summed E-state index contributed by atoms with van der Waals surface area (Å²) in [6.07, 6.45) is 12.3. The Hall–Kier alpha value is -1.62. The number of nitrogens with one attached hydrogen (secondary N) is 1. The maximum atomic E-state index is 12.5. The highest BCUT2D eigenvalue weighted by Crippen LogP contribution is 2.36. The van der Waals surface area contributed by atoms with Crippen LogP contribution in [0.25, 0.3) is 11.0 Å². The van der Waals surface area contributed by atoms with Gasteiger partial charge < -0.3 is 4.98 Å². The van der Waals surface area contributed by atoms with Crippen LogP contribution in [0.5, 0.6) is 0 Å². The van der Waals surface area contributed by atoms with E-state index >= 15 is 0 Å². The molecule has 2 aliphatic carbocycles. The van der Waals surface area contributed by atoms with Crippen molar-refractivity contribution in [3.8, 4) is 0 Å². The van der Waals surface area contributed by atoms with Crippen molar-refractivity contribution in [3.05, 3.63) is 27.2 Å². The summed E-state index contributed by atoms with van der Waals surface area (Å²) in [5.41, 5.74) is 4.62. The lowest BCUT2D eigenvalue weighted by Gasteiger charge is -2.36. The number of hydrogen-bond acceptors (Lipinski definition) is 3. The zero-order valence-electron chi connectivity index (χ0n) is 15.9. The minimum absolute atomic E-state index is 0.109. The third kappa shape index (κ3) is 2.63. The number of aryl methyl sites for hydroxylation is 2. The van der Waals surface area contributed by atoms with Crippen molar-refractivity contribution in [2.24, 2.45) is 7.05 Å². The van der Waals surface area contributed by atoms with Gasteiger partial charge in [0.05, 0.1) is 5.69 Å². The predicted octanol–water partition coefficient (Wildman–Crippen LogP) is 3.26. The standard InChI is InChI=1S/C21H30N4O/c1-24-20-18(16-10-4-5-11-17(16)21(26)22-20)19(23-24)14-7-6-12-25(13-14)15-8-2-3-9-15/h14-15H,2-13H2,1H3,(H,22,26). The molecule has 1 atom stereocenters. The lowest BCUT2D eigenvalue weighted by Crippen LogP contribution is -2.40. The lowest BCUT2D eigenvalue weighted by atomic mass is 9.86. The molecule has 1 aliphatic heterocycles. The van der Waals surface area contributed by atoms with Crippen LogP contribution in [0.4, 0.5) is 0 Å². The molecule has 3 aliphatic rings. The molecule has 2 fully saturated rings. The number of likely N-dealkylation sites (tertiary alicyclic amines) is 1. The second kappa shape index (κ2) is 6.52. The Morgan fingerprint density at radius 2 is 1.77 bits per heavy atom. The molecule has 0 radical (unpaired) electrons. The van der Waals surface area contributed by atoms with Crippen LogP contribution < -0.4 is 5.56 Å².